The minimum absolute atomic E-state index is 0.313. The van der Waals surface area contributed by atoms with Crippen molar-refractivity contribution in [1.82, 2.24) is 10.2 Å². The third kappa shape index (κ3) is 2.93. The van der Waals surface area contributed by atoms with Gasteiger partial charge in [0.2, 0.25) is 0 Å². The number of carbonyl (C=O) groups is 1. The monoisotopic (exact) mass is 297 g/mol. The Bertz CT molecular complexity index is 670. The molecule has 1 aromatic carbocycles. The Hall–Kier alpha value is -2.43. The molecule has 0 aliphatic carbocycles. The van der Waals surface area contributed by atoms with Gasteiger partial charge in [-0.15, -0.1) is 10.2 Å². The molecule has 1 saturated heterocycles. The van der Waals surface area contributed by atoms with Crippen molar-refractivity contribution in [2.45, 2.75) is 19.8 Å². The van der Waals surface area contributed by atoms with E-state index in [2.05, 4.69) is 10.2 Å². The fraction of sp³-hybridized carbons (Fsp3) is 0.353. The number of rotatable bonds is 3. The summed E-state index contributed by atoms with van der Waals surface area (Å²) in [5.74, 6) is -0.288. The number of carboxylic acid groups (broad SMARTS) is 1. The maximum Gasteiger partial charge on any atom is 0.308 e. The van der Waals surface area contributed by atoms with Gasteiger partial charge in [0, 0.05) is 18.7 Å². The second kappa shape index (κ2) is 6.13. The van der Waals surface area contributed by atoms with Crippen LogP contribution in [0.2, 0.25) is 0 Å². The summed E-state index contributed by atoms with van der Waals surface area (Å²) in [5.41, 5.74) is 3.07. The lowest BCUT2D eigenvalue weighted by atomic mass is 9.98. The van der Waals surface area contributed by atoms with Crippen molar-refractivity contribution in [2.75, 3.05) is 18.0 Å². The SMILES string of the molecule is Cc1ccccc1-c1ccc(N2CCC[C@H](C(=O)O)C2)nn1. The van der Waals surface area contributed by atoms with Gasteiger partial charge in [0.1, 0.15) is 0 Å². The van der Waals surface area contributed by atoms with Gasteiger partial charge in [0.25, 0.3) is 0 Å². The molecular formula is C17H19N3O2. The van der Waals surface area contributed by atoms with Gasteiger partial charge in [-0.3, -0.25) is 4.79 Å². The molecule has 5 heteroatoms. The van der Waals surface area contributed by atoms with Crippen LogP contribution < -0.4 is 4.90 Å². The van der Waals surface area contributed by atoms with Crippen LogP contribution in [0.1, 0.15) is 18.4 Å². The molecule has 22 heavy (non-hydrogen) atoms. The molecule has 0 spiro atoms. The zero-order chi connectivity index (χ0) is 15.5. The molecule has 0 bridgehead atoms. The molecule has 0 amide bonds. The number of anilines is 1. The molecule has 1 atom stereocenters. The fourth-order valence-electron chi connectivity index (χ4n) is 2.88. The molecule has 0 radical (unpaired) electrons. The summed E-state index contributed by atoms with van der Waals surface area (Å²) in [6, 6.07) is 11.9. The van der Waals surface area contributed by atoms with Gasteiger partial charge >= 0.3 is 5.97 Å². The largest absolute Gasteiger partial charge is 0.481 e. The van der Waals surface area contributed by atoms with Crippen LogP contribution in [0.3, 0.4) is 0 Å². The number of hydrogen-bond acceptors (Lipinski definition) is 4. The zero-order valence-electron chi connectivity index (χ0n) is 12.6. The molecule has 5 nitrogen and oxygen atoms in total. The van der Waals surface area contributed by atoms with Crippen LogP contribution >= 0.6 is 0 Å². The summed E-state index contributed by atoms with van der Waals surface area (Å²) in [7, 11) is 0. The quantitative estimate of drug-likeness (QED) is 0.943. The van der Waals surface area contributed by atoms with Crippen molar-refractivity contribution < 1.29 is 9.90 Å². The van der Waals surface area contributed by atoms with E-state index in [-0.39, 0.29) is 5.92 Å². The molecule has 2 aromatic rings. The summed E-state index contributed by atoms with van der Waals surface area (Å²) in [6.07, 6.45) is 1.61. The first-order valence-corrected chi connectivity index (χ1v) is 7.52. The van der Waals surface area contributed by atoms with Crippen LogP contribution in [-0.4, -0.2) is 34.4 Å². The number of aliphatic carboxylic acids is 1. The van der Waals surface area contributed by atoms with E-state index in [9.17, 15) is 4.79 Å². The first kappa shape index (κ1) is 14.5. The number of piperidine rings is 1. The van der Waals surface area contributed by atoms with Crippen molar-refractivity contribution in [3.05, 3.63) is 42.0 Å². The Morgan fingerprint density at radius 3 is 2.73 bits per heavy atom. The molecule has 1 fully saturated rings. The van der Waals surface area contributed by atoms with Gasteiger partial charge in [-0.25, -0.2) is 0 Å². The van der Waals surface area contributed by atoms with E-state index in [0.29, 0.717) is 6.54 Å². The maximum absolute atomic E-state index is 11.1. The topological polar surface area (TPSA) is 66.3 Å². The van der Waals surface area contributed by atoms with Crippen molar-refractivity contribution in [2.24, 2.45) is 5.92 Å². The van der Waals surface area contributed by atoms with Gasteiger partial charge in [-0.1, -0.05) is 24.3 Å². The molecule has 0 saturated carbocycles. The van der Waals surface area contributed by atoms with Gasteiger partial charge in [0.05, 0.1) is 11.6 Å². The van der Waals surface area contributed by atoms with Crippen LogP contribution in [0.4, 0.5) is 5.82 Å². The van der Waals surface area contributed by atoms with E-state index in [1.165, 1.54) is 0 Å². The molecule has 1 aromatic heterocycles. The molecule has 1 aliphatic heterocycles. The molecular weight excluding hydrogens is 278 g/mol. The first-order valence-electron chi connectivity index (χ1n) is 7.52. The lowest BCUT2D eigenvalue weighted by Crippen LogP contribution is -2.39. The van der Waals surface area contributed by atoms with E-state index in [4.69, 9.17) is 5.11 Å². The van der Waals surface area contributed by atoms with Crippen molar-refractivity contribution in [3.63, 3.8) is 0 Å². The Labute approximate surface area is 129 Å². The first-order chi connectivity index (χ1) is 10.6. The summed E-state index contributed by atoms with van der Waals surface area (Å²) >= 11 is 0. The minimum atomic E-state index is -0.728. The van der Waals surface area contributed by atoms with Crippen molar-refractivity contribution in [1.29, 1.82) is 0 Å². The maximum atomic E-state index is 11.1. The predicted molar refractivity (Wildman–Crippen MR) is 84.8 cm³/mol. The average Bonchev–Trinajstić information content (AvgIpc) is 2.56. The summed E-state index contributed by atoms with van der Waals surface area (Å²) in [5, 5.41) is 17.8. The Morgan fingerprint density at radius 1 is 1.23 bits per heavy atom. The van der Waals surface area contributed by atoms with E-state index >= 15 is 0 Å². The molecule has 3 rings (SSSR count). The smallest absolute Gasteiger partial charge is 0.308 e. The summed E-state index contributed by atoms with van der Waals surface area (Å²) < 4.78 is 0. The highest BCUT2D eigenvalue weighted by Gasteiger charge is 2.26. The van der Waals surface area contributed by atoms with E-state index < -0.39 is 5.97 Å². The van der Waals surface area contributed by atoms with Gasteiger partial charge in [0.15, 0.2) is 5.82 Å². The molecule has 114 valence electrons. The molecule has 0 unspecified atom stereocenters. The highest BCUT2D eigenvalue weighted by Crippen LogP contribution is 2.24. The highest BCUT2D eigenvalue weighted by molar-refractivity contribution is 5.71. The number of benzene rings is 1. The lowest BCUT2D eigenvalue weighted by Gasteiger charge is -2.31. The van der Waals surface area contributed by atoms with E-state index in [1.807, 2.05) is 48.2 Å². The second-order valence-corrected chi connectivity index (χ2v) is 5.72. The third-order valence-corrected chi connectivity index (χ3v) is 4.17. The lowest BCUT2D eigenvalue weighted by molar-refractivity contribution is -0.141. The van der Waals surface area contributed by atoms with E-state index in [1.54, 1.807) is 0 Å². The normalized spacial score (nSPS) is 18.2. The van der Waals surface area contributed by atoms with Crippen molar-refractivity contribution >= 4 is 11.8 Å². The van der Waals surface area contributed by atoms with Gasteiger partial charge in [-0.2, -0.15) is 0 Å². The number of nitrogens with zero attached hydrogens (tertiary/aromatic N) is 3. The number of aromatic nitrogens is 2. The molecule has 2 heterocycles. The van der Waals surface area contributed by atoms with Gasteiger partial charge < -0.3 is 10.0 Å². The predicted octanol–water partition coefficient (Wildman–Crippen LogP) is 2.75. The molecule has 1 aliphatic rings. The van der Waals surface area contributed by atoms with Gasteiger partial charge in [-0.05, 0) is 37.5 Å². The zero-order valence-corrected chi connectivity index (χ0v) is 12.6. The second-order valence-electron chi connectivity index (χ2n) is 5.72. The van der Waals surface area contributed by atoms with Crippen LogP contribution in [0, 0.1) is 12.8 Å². The summed E-state index contributed by atoms with van der Waals surface area (Å²) in [6.45, 7) is 3.39. The van der Waals surface area contributed by atoms with Crippen LogP contribution in [-0.2, 0) is 4.79 Å². The Morgan fingerprint density at radius 2 is 2.05 bits per heavy atom. The number of carboxylic acids is 1. The minimum Gasteiger partial charge on any atom is -0.481 e. The molecule has 1 N–H and O–H groups in total. The standard InChI is InChI=1S/C17H19N3O2/c1-12-5-2-3-7-14(12)15-8-9-16(19-18-15)20-10-4-6-13(11-20)17(21)22/h2-3,5,7-9,13H,4,6,10-11H2,1H3,(H,21,22)/t13-/m0/s1. The highest BCUT2D eigenvalue weighted by atomic mass is 16.4. The fourth-order valence-corrected chi connectivity index (χ4v) is 2.88. The van der Waals surface area contributed by atoms with Crippen LogP contribution in [0.25, 0.3) is 11.3 Å². The number of aryl methyl sites for hydroxylation is 1. The summed E-state index contributed by atoms with van der Waals surface area (Å²) in [4.78, 5) is 13.2. The Balaban J connectivity index is 1.80. The van der Waals surface area contributed by atoms with E-state index in [0.717, 1.165) is 42.0 Å². The average molecular weight is 297 g/mol. The number of hydrogen-bond donors (Lipinski definition) is 1. The third-order valence-electron chi connectivity index (χ3n) is 4.17. The van der Waals surface area contributed by atoms with Crippen LogP contribution in [0.5, 0.6) is 0 Å². The van der Waals surface area contributed by atoms with Crippen molar-refractivity contribution in [3.8, 4) is 11.3 Å². The Kier molecular flexibility index (Phi) is 4.04. The van der Waals surface area contributed by atoms with Crippen LogP contribution in [0.15, 0.2) is 36.4 Å².